The molecule has 0 aliphatic heterocycles. The topological polar surface area (TPSA) is 24.5 Å². The van der Waals surface area contributed by atoms with Crippen LogP contribution in [0.4, 0.5) is 0 Å². The van der Waals surface area contributed by atoms with Crippen LogP contribution in [0.1, 0.15) is 44.4 Å². The fourth-order valence-corrected chi connectivity index (χ4v) is 2.56. The summed E-state index contributed by atoms with van der Waals surface area (Å²) < 4.78 is 5.22. The Morgan fingerprint density at radius 1 is 1.14 bits per heavy atom. The van der Waals surface area contributed by atoms with Gasteiger partial charge in [0.1, 0.15) is 0 Å². The molecule has 0 radical (unpaired) electrons. The summed E-state index contributed by atoms with van der Waals surface area (Å²) in [6.45, 7) is 12.7. The highest BCUT2D eigenvalue weighted by Gasteiger charge is 2.14. The zero-order chi connectivity index (χ0) is 15.7. The van der Waals surface area contributed by atoms with Gasteiger partial charge in [-0.25, -0.2) is 0 Å². The van der Waals surface area contributed by atoms with Crippen LogP contribution in [0.15, 0.2) is 24.3 Å². The van der Waals surface area contributed by atoms with E-state index in [-0.39, 0.29) is 0 Å². The van der Waals surface area contributed by atoms with E-state index in [1.807, 2.05) is 0 Å². The van der Waals surface area contributed by atoms with Gasteiger partial charge in [-0.05, 0) is 39.3 Å². The van der Waals surface area contributed by atoms with Crippen LogP contribution in [0.25, 0.3) is 0 Å². The lowest BCUT2D eigenvalue weighted by molar-refractivity contribution is 0.126. The minimum Gasteiger partial charge on any atom is -0.383 e. The lowest BCUT2D eigenvalue weighted by Crippen LogP contribution is -2.36. The zero-order valence-electron chi connectivity index (χ0n) is 14.4. The highest BCUT2D eigenvalue weighted by atomic mass is 16.5. The van der Waals surface area contributed by atoms with Crippen LogP contribution in [0, 0.1) is 6.92 Å². The van der Waals surface area contributed by atoms with Crippen molar-refractivity contribution in [3.8, 4) is 0 Å². The summed E-state index contributed by atoms with van der Waals surface area (Å²) in [4.78, 5) is 2.49. The molecule has 1 atom stereocenters. The number of rotatable bonds is 10. The zero-order valence-corrected chi connectivity index (χ0v) is 14.4. The second-order valence-corrected chi connectivity index (χ2v) is 5.93. The molecule has 1 aromatic rings. The molecule has 1 rings (SSSR count). The van der Waals surface area contributed by atoms with Crippen molar-refractivity contribution in [3.05, 3.63) is 35.4 Å². The Kier molecular flexibility index (Phi) is 8.58. The Morgan fingerprint density at radius 2 is 1.81 bits per heavy atom. The van der Waals surface area contributed by atoms with E-state index in [0.29, 0.717) is 12.1 Å². The summed E-state index contributed by atoms with van der Waals surface area (Å²) in [5, 5.41) is 3.61. The molecule has 0 spiro atoms. The molecule has 0 aliphatic carbocycles. The van der Waals surface area contributed by atoms with Crippen LogP contribution in [0.2, 0.25) is 0 Å². The van der Waals surface area contributed by atoms with Crippen molar-refractivity contribution in [1.82, 2.24) is 10.2 Å². The summed E-state index contributed by atoms with van der Waals surface area (Å²) in [7, 11) is 1.77. The predicted molar refractivity (Wildman–Crippen MR) is 90.8 cm³/mol. The predicted octanol–water partition coefficient (Wildman–Crippen LogP) is 3.39. The first kappa shape index (κ1) is 18.1. The number of ether oxygens (including phenoxy) is 1. The Hall–Kier alpha value is -0.900. The molecule has 3 nitrogen and oxygen atoms in total. The van der Waals surface area contributed by atoms with Crippen molar-refractivity contribution in [2.24, 2.45) is 0 Å². The first-order valence-electron chi connectivity index (χ1n) is 8.11. The van der Waals surface area contributed by atoms with Gasteiger partial charge in [-0.15, -0.1) is 0 Å². The fraction of sp³-hybridized carbons (Fsp3) is 0.667. The van der Waals surface area contributed by atoms with Crippen LogP contribution < -0.4 is 5.32 Å². The molecule has 0 amide bonds. The highest BCUT2D eigenvalue weighted by Crippen LogP contribution is 2.18. The Morgan fingerprint density at radius 3 is 2.33 bits per heavy atom. The van der Waals surface area contributed by atoms with E-state index in [0.717, 1.165) is 32.7 Å². The van der Waals surface area contributed by atoms with Crippen molar-refractivity contribution in [2.45, 2.75) is 46.2 Å². The number of nitrogens with one attached hydrogen (secondary N) is 1. The molecule has 21 heavy (non-hydrogen) atoms. The van der Waals surface area contributed by atoms with Crippen LogP contribution >= 0.6 is 0 Å². The number of hydrogen-bond donors (Lipinski definition) is 1. The maximum absolute atomic E-state index is 5.22. The van der Waals surface area contributed by atoms with E-state index >= 15 is 0 Å². The van der Waals surface area contributed by atoms with E-state index in [1.54, 1.807) is 7.11 Å². The average molecular weight is 292 g/mol. The molecular formula is C18H32N2O. The number of nitrogens with zero attached hydrogens (tertiary/aromatic N) is 1. The van der Waals surface area contributed by atoms with Crippen molar-refractivity contribution in [3.63, 3.8) is 0 Å². The minimum atomic E-state index is 0.430. The minimum absolute atomic E-state index is 0.430. The lowest BCUT2D eigenvalue weighted by Gasteiger charge is -2.28. The Labute approximate surface area is 130 Å². The molecule has 3 heteroatoms. The summed E-state index contributed by atoms with van der Waals surface area (Å²) in [6, 6.07) is 9.88. The van der Waals surface area contributed by atoms with Gasteiger partial charge in [0.2, 0.25) is 0 Å². The van der Waals surface area contributed by atoms with Crippen molar-refractivity contribution < 1.29 is 4.74 Å². The monoisotopic (exact) mass is 292 g/mol. The maximum Gasteiger partial charge on any atom is 0.0589 e. The van der Waals surface area contributed by atoms with Gasteiger partial charge in [-0.3, -0.25) is 4.90 Å². The van der Waals surface area contributed by atoms with Crippen molar-refractivity contribution in [1.29, 1.82) is 0 Å². The third-order valence-corrected chi connectivity index (χ3v) is 3.95. The lowest BCUT2D eigenvalue weighted by atomic mass is 10.0. The fourth-order valence-electron chi connectivity index (χ4n) is 2.56. The third-order valence-electron chi connectivity index (χ3n) is 3.95. The van der Waals surface area contributed by atoms with E-state index in [1.165, 1.54) is 11.1 Å². The van der Waals surface area contributed by atoms with Crippen molar-refractivity contribution in [2.75, 3.05) is 33.4 Å². The summed E-state index contributed by atoms with van der Waals surface area (Å²) in [5.41, 5.74) is 2.70. The number of benzene rings is 1. The van der Waals surface area contributed by atoms with Gasteiger partial charge in [0.15, 0.2) is 0 Å². The second kappa shape index (κ2) is 9.93. The summed E-state index contributed by atoms with van der Waals surface area (Å²) in [5.74, 6) is 0. The van der Waals surface area contributed by atoms with E-state index < -0.39 is 0 Å². The molecular weight excluding hydrogens is 260 g/mol. The Balaban J connectivity index is 2.62. The SMILES string of the molecule is CCNC(CCN(CCOC)C(C)C)c1ccc(C)cc1. The molecule has 0 saturated carbocycles. The summed E-state index contributed by atoms with van der Waals surface area (Å²) >= 11 is 0. The molecule has 0 heterocycles. The average Bonchev–Trinajstić information content (AvgIpc) is 2.46. The van der Waals surface area contributed by atoms with Crippen LogP contribution in [0.5, 0.6) is 0 Å². The van der Waals surface area contributed by atoms with E-state index in [4.69, 9.17) is 4.74 Å². The van der Waals surface area contributed by atoms with Gasteiger partial charge in [-0.1, -0.05) is 36.8 Å². The smallest absolute Gasteiger partial charge is 0.0589 e. The standard InChI is InChI=1S/C18H32N2O/c1-6-19-18(17-9-7-16(4)8-10-17)11-12-20(15(2)3)13-14-21-5/h7-10,15,18-19H,6,11-14H2,1-5H3. The highest BCUT2D eigenvalue weighted by molar-refractivity contribution is 5.24. The molecule has 0 bridgehead atoms. The molecule has 0 aliphatic rings. The number of aryl methyl sites for hydroxylation is 1. The maximum atomic E-state index is 5.22. The largest absolute Gasteiger partial charge is 0.383 e. The molecule has 0 fully saturated rings. The molecule has 1 N–H and O–H groups in total. The van der Waals surface area contributed by atoms with Crippen LogP contribution in [0.3, 0.4) is 0 Å². The first-order chi connectivity index (χ1) is 10.1. The van der Waals surface area contributed by atoms with Gasteiger partial charge in [0, 0.05) is 32.3 Å². The van der Waals surface area contributed by atoms with Crippen LogP contribution in [-0.4, -0.2) is 44.3 Å². The molecule has 120 valence electrons. The quantitative estimate of drug-likeness (QED) is 0.715. The van der Waals surface area contributed by atoms with Gasteiger partial charge < -0.3 is 10.1 Å². The van der Waals surface area contributed by atoms with Gasteiger partial charge in [0.05, 0.1) is 6.61 Å². The normalized spacial score (nSPS) is 13.1. The molecule has 1 unspecified atom stereocenters. The van der Waals surface area contributed by atoms with E-state index in [9.17, 15) is 0 Å². The number of hydrogen-bond acceptors (Lipinski definition) is 3. The molecule has 1 aromatic carbocycles. The van der Waals surface area contributed by atoms with Gasteiger partial charge in [-0.2, -0.15) is 0 Å². The van der Waals surface area contributed by atoms with Crippen LogP contribution in [-0.2, 0) is 4.74 Å². The number of methoxy groups -OCH3 is 1. The second-order valence-electron chi connectivity index (χ2n) is 5.93. The van der Waals surface area contributed by atoms with E-state index in [2.05, 4.69) is 62.2 Å². The van der Waals surface area contributed by atoms with Gasteiger partial charge in [0.25, 0.3) is 0 Å². The summed E-state index contributed by atoms with van der Waals surface area (Å²) in [6.07, 6.45) is 1.12. The molecule has 0 aromatic heterocycles. The first-order valence-corrected chi connectivity index (χ1v) is 8.11. The van der Waals surface area contributed by atoms with Gasteiger partial charge >= 0.3 is 0 Å². The molecule has 0 saturated heterocycles. The Bertz CT molecular complexity index is 375. The third kappa shape index (κ3) is 6.60. The van der Waals surface area contributed by atoms with Crippen molar-refractivity contribution >= 4 is 0 Å².